The molecule has 0 radical (unpaired) electrons. The van der Waals surface area contributed by atoms with Crippen molar-refractivity contribution in [1.29, 1.82) is 0 Å². The number of hydrogen-bond acceptors (Lipinski definition) is 5. The molecule has 144 valence electrons. The van der Waals surface area contributed by atoms with E-state index >= 15 is 0 Å². The molecule has 1 fully saturated rings. The van der Waals surface area contributed by atoms with E-state index in [-0.39, 0.29) is 25.2 Å². The van der Waals surface area contributed by atoms with Crippen molar-refractivity contribution in [3.05, 3.63) is 60.2 Å². The molecular weight excluding hydrogens is 346 g/mol. The molecule has 1 heterocycles. The third kappa shape index (κ3) is 4.78. The smallest absolute Gasteiger partial charge is 0.261 e. The summed E-state index contributed by atoms with van der Waals surface area (Å²) in [5.74, 6) is 1.23. The molecule has 27 heavy (non-hydrogen) atoms. The van der Waals surface area contributed by atoms with Crippen molar-refractivity contribution < 1.29 is 24.1 Å². The Morgan fingerprint density at radius 1 is 1.11 bits per heavy atom. The quantitative estimate of drug-likeness (QED) is 0.810. The molecular formula is C21H25NO5. The molecule has 0 aromatic heterocycles. The largest absolute Gasteiger partial charge is 0.494 e. The van der Waals surface area contributed by atoms with E-state index < -0.39 is 6.10 Å². The minimum atomic E-state index is -0.449. The molecule has 0 saturated carbocycles. The van der Waals surface area contributed by atoms with Crippen LogP contribution in [0, 0.1) is 0 Å². The third-order valence-electron chi connectivity index (χ3n) is 4.49. The first-order chi connectivity index (χ1) is 13.2. The van der Waals surface area contributed by atoms with Gasteiger partial charge >= 0.3 is 0 Å². The minimum Gasteiger partial charge on any atom is -0.494 e. The number of aliphatic hydroxyl groups excluding tert-OH is 1. The molecule has 2 aromatic carbocycles. The molecule has 1 aliphatic rings. The Hall–Kier alpha value is -2.57. The molecule has 0 spiro atoms. The number of amides is 1. The molecule has 0 aliphatic carbocycles. The highest BCUT2D eigenvalue weighted by molar-refractivity contribution is 5.78. The lowest BCUT2D eigenvalue weighted by Crippen LogP contribution is -2.50. The van der Waals surface area contributed by atoms with Gasteiger partial charge in [-0.05, 0) is 36.8 Å². The van der Waals surface area contributed by atoms with Gasteiger partial charge in [-0.15, -0.1) is 0 Å². The molecule has 6 heteroatoms. The van der Waals surface area contributed by atoms with Crippen LogP contribution in [0.4, 0.5) is 0 Å². The van der Waals surface area contributed by atoms with Crippen molar-refractivity contribution in [2.24, 2.45) is 0 Å². The van der Waals surface area contributed by atoms with Gasteiger partial charge in [0, 0.05) is 6.54 Å². The van der Waals surface area contributed by atoms with Gasteiger partial charge in [-0.1, -0.05) is 30.3 Å². The van der Waals surface area contributed by atoms with Crippen molar-refractivity contribution in [2.45, 2.75) is 19.1 Å². The Bertz CT molecular complexity index is 719. The van der Waals surface area contributed by atoms with Crippen LogP contribution < -0.4 is 9.47 Å². The number of rotatable bonds is 7. The number of hydrogen-bond donors (Lipinski definition) is 1. The van der Waals surface area contributed by atoms with E-state index in [1.807, 2.05) is 49.4 Å². The molecule has 1 N–H and O–H groups in total. The van der Waals surface area contributed by atoms with Gasteiger partial charge in [-0.25, -0.2) is 0 Å². The lowest BCUT2D eigenvalue weighted by molar-refractivity contribution is -0.151. The Morgan fingerprint density at radius 2 is 1.78 bits per heavy atom. The lowest BCUT2D eigenvalue weighted by atomic mass is 9.98. The van der Waals surface area contributed by atoms with E-state index in [1.165, 1.54) is 0 Å². The summed E-state index contributed by atoms with van der Waals surface area (Å²) in [6.45, 7) is 3.15. The molecule has 0 unspecified atom stereocenters. The first kappa shape index (κ1) is 19.2. The van der Waals surface area contributed by atoms with Crippen LogP contribution in [0.2, 0.25) is 0 Å². The molecule has 0 bridgehead atoms. The molecule has 2 aromatic rings. The van der Waals surface area contributed by atoms with Crippen molar-refractivity contribution in [2.75, 3.05) is 33.0 Å². The topological polar surface area (TPSA) is 68.2 Å². The predicted molar refractivity (Wildman–Crippen MR) is 101 cm³/mol. The summed E-state index contributed by atoms with van der Waals surface area (Å²) < 4.78 is 16.7. The maximum absolute atomic E-state index is 12.8. The van der Waals surface area contributed by atoms with E-state index in [0.717, 1.165) is 11.3 Å². The summed E-state index contributed by atoms with van der Waals surface area (Å²) in [4.78, 5) is 14.6. The Labute approximate surface area is 159 Å². The highest BCUT2D eigenvalue weighted by atomic mass is 16.5. The summed E-state index contributed by atoms with van der Waals surface area (Å²) >= 11 is 0. The zero-order valence-corrected chi connectivity index (χ0v) is 15.4. The Balaban J connectivity index is 1.67. The van der Waals surface area contributed by atoms with E-state index in [1.54, 1.807) is 17.0 Å². The van der Waals surface area contributed by atoms with E-state index in [0.29, 0.717) is 25.5 Å². The molecule has 2 atom stereocenters. The van der Waals surface area contributed by atoms with Crippen molar-refractivity contribution >= 4 is 5.91 Å². The van der Waals surface area contributed by atoms with Crippen LogP contribution in [0.1, 0.15) is 18.5 Å². The number of carbonyl (C=O) groups is 1. The summed E-state index contributed by atoms with van der Waals surface area (Å²) in [7, 11) is 0. The second kappa shape index (κ2) is 9.39. The zero-order chi connectivity index (χ0) is 19.1. The predicted octanol–water partition coefficient (Wildman–Crippen LogP) is 2.43. The SMILES string of the molecule is CCOc1ccc(OCC(=O)N2CCO[C@H](CO)[C@H]2c2ccccc2)cc1. The van der Waals surface area contributed by atoms with Gasteiger partial charge in [0.2, 0.25) is 0 Å². The number of aliphatic hydroxyl groups is 1. The summed E-state index contributed by atoms with van der Waals surface area (Å²) in [5, 5.41) is 9.69. The highest BCUT2D eigenvalue weighted by Crippen LogP contribution is 2.29. The first-order valence-electron chi connectivity index (χ1n) is 9.15. The van der Waals surface area contributed by atoms with Crippen LogP contribution in [0.3, 0.4) is 0 Å². The number of nitrogens with zero attached hydrogens (tertiary/aromatic N) is 1. The van der Waals surface area contributed by atoms with Crippen LogP contribution in [-0.2, 0) is 9.53 Å². The third-order valence-corrected chi connectivity index (χ3v) is 4.49. The van der Waals surface area contributed by atoms with Crippen LogP contribution in [-0.4, -0.2) is 55.0 Å². The van der Waals surface area contributed by atoms with Gasteiger partial charge in [0.25, 0.3) is 5.91 Å². The Kier molecular flexibility index (Phi) is 6.68. The van der Waals surface area contributed by atoms with Gasteiger partial charge in [0.05, 0.1) is 25.9 Å². The molecule has 1 amide bonds. The Morgan fingerprint density at radius 3 is 2.41 bits per heavy atom. The maximum Gasteiger partial charge on any atom is 0.261 e. The average molecular weight is 371 g/mol. The van der Waals surface area contributed by atoms with E-state index in [2.05, 4.69) is 0 Å². The summed E-state index contributed by atoms with van der Waals surface area (Å²) in [6.07, 6.45) is -0.449. The van der Waals surface area contributed by atoms with E-state index in [4.69, 9.17) is 14.2 Å². The van der Waals surface area contributed by atoms with Crippen LogP contribution in [0.15, 0.2) is 54.6 Å². The molecule has 1 saturated heterocycles. The van der Waals surface area contributed by atoms with Crippen molar-refractivity contribution in [3.63, 3.8) is 0 Å². The van der Waals surface area contributed by atoms with E-state index in [9.17, 15) is 9.90 Å². The van der Waals surface area contributed by atoms with Gasteiger partial charge in [0.15, 0.2) is 6.61 Å². The molecule has 6 nitrogen and oxygen atoms in total. The standard InChI is InChI=1S/C21H25NO5/c1-2-25-17-8-10-18(11-9-17)27-15-20(24)22-12-13-26-19(14-23)21(22)16-6-4-3-5-7-16/h3-11,19,21,23H,2,12-15H2,1H3/t19-,21-/m1/s1. The van der Waals surface area contributed by atoms with Crippen molar-refractivity contribution in [1.82, 2.24) is 4.90 Å². The zero-order valence-electron chi connectivity index (χ0n) is 15.4. The second-order valence-corrected chi connectivity index (χ2v) is 6.23. The number of ether oxygens (including phenoxy) is 3. The first-order valence-corrected chi connectivity index (χ1v) is 9.15. The number of carbonyl (C=O) groups excluding carboxylic acids is 1. The number of benzene rings is 2. The summed E-state index contributed by atoms with van der Waals surface area (Å²) in [6, 6.07) is 16.5. The van der Waals surface area contributed by atoms with Crippen LogP contribution in [0.25, 0.3) is 0 Å². The fraction of sp³-hybridized carbons (Fsp3) is 0.381. The normalized spacial score (nSPS) is 19.6. The monoisotopic (exact) mass is 371 g/mol. The summed E-state index contributed by atoms with van der Waals surface area (Å²) in [5.41, 5.74) is 0.936. The fourth-order valence-corrected chi connectivity index (χ4v) is 3.24. The van der Waals surface area contributed by atoms with Gasteiger partial charge in [0.1, 0.15) is 17.6 Å². The highest BCUT2D eigenvalue weighted by Gasteiger charge is 2.36. The maximum atomic E-state index is 12.8. The van der Waals surface area contributed by atoms with Gasteiger partial charge in [-0.2, -0.15) is 0 Å². The fourth-order valence-electron chi connectivity index (χ4n) is 3.24. The molecule has 3 rings (SSSR count). The van der Waals surface area contributed by atoms with Gasteiger partial charge in [-0.3, -0.25) is 4.79 Å². The van der Waals surface area contributed by atoms with Crippen LogP contribution in [0.5, 0.6) is 11.5 Å². The lowest BCUT2D eigenvalue weighted by Gasteiger charge is -2.40. The average Bonchev–Trinajstić information content (AvgIpc) is 2.73. The molecule has 1 aliphatic heterocycles. The van der Waals surface area contributed by atoms with Gasteiger partial charge < -0.3 is 24.2 Å². The second-order valence-electron chi connectivity index (χ2n) is 6.23. The van der Waals surface area contributed by atoms with Crippen molar-refractivity contribution in [3.8, 4) is 11.5 Å². The number of morpholine rings is 1. The van der Waals surface area contributed by atoms with Crippen LogP contribution >= 0.6 is 0 Å². The minimum absolute atomic E-state index is 0.0739.